The molecule has 0 unspecified atom stereocenters. The average molecular weight is 247 g/mol. The van der Waals surface area contributed by atoms with Crippen LogP contribution in [0.3, 0.4) is 0 Å². The molecule has 2 rings (SSSR count). The summed E-state index contributed by atoms with van der Waals surface area (Å²) in [5.41, 5.74) is 1.07. The Balaban J connectivity index is 1.95. The zero-order chi connectivity index (χ0) is 12.8. The molecule has 98 valence electrons. The minimum atomic E-state index is 0.851. The van der Waals surface area contributed by atoms with Crippen LogP contribution >= 0.6 is 0 Å². The molecule has 0 spiro atoms. The van der Waals surface area contributed by atoms with Gasteiger partial charge in [0.1, 0.15) is 11.7 Å². The molecule has 0 aliphatic carbocycles. The van der Waals surface area contributed by atoms with Gasteiger partial charge in [0.15, 0.2) is 0 Å². The molecule has 18 heavy (non-hydrogen) atoms. The van der Waals surface area contributed by atoms with Gasteiger partial charge in [0, 0.05) is 19.3 Å². The molecule has 2 heterocycles. The molecule has 1 aromatic heterocycles. The summed E-state index contributed by atoms with van der Waals surface area (Å²) < 4.78 is 0. The van der Waals surface area contributed by atoms with Crippen molar-refractivity contribution in [1.82, 2.24) is 15.2 Å². The van der Waals surface area contributed by atoms with Gasteiger partial charge in [-0.3, -0.25) is 4.99 Å². The Bertz CT molecular complexity index is 414. The molecule has 0 atom stereocenters. The fraction of sp³-hybridized carbons (Fsp3) is 0.538. The summed E-state index contributed by atoms with van der Waals surface area (Å²) in [5, 5.41) is 6.67. The Labute approximate surface area is 108 Å². The second kappa shape index (κ2) is 6.35. The average Bonchev–Trinajstić information content (AvgIpc) is 2.88. The van der Waals surface area contributed by atoms with Gasteiger partial charge in [0.2, 0.25) is 0 Å². The Morgan fingerprint density at radius 1 is 1.44 bits per heavy atom. The number of rotatable bonds is 6. The lowest BCUT2D eigenvalue weighted by Gasteiger charge is -2.12. The Morgan fingerprint density at radius 3 is 3.06 bits per heavy atom. The van der Waals surface area contributed by atoms with Gasteiger partial charge < -0.3 is 15.5 Å². The third-order valence-electron chi connectivity index (χ3n) is 2.81. The SMILES string of the molecule is CN(C)CCCNc1ncccc1C1=NCCN1. The van der Waals surface area contributed by atoms with E-state index >= 15 is 0 Å². The maximum absolute atomic E-state index is 4.44. The van der Waals surface area contributed by atoms with Gasteiger partial charge in [-0.2, -0.15) is 0 Å². The van der Waals surface area contributed by atoms with Crippen molar-refractivity contribution in [3.05, 3.63) is 23.9 Å². The van der Waals surface area contributed by atoms with Crippen LogP contribution in [0.4, 0.5) is 5.82 Å². The Morgan fingerprint density at radius 2 is 2.33 bits per heavy atom. The number of aromatic nitrogens is 1. The lowest BCUT2D eigenvalue weighted by Crippen LogP contribution is -2.22. The molecule has 1 aromatic rings. The molecule has 0 aromatic carbocycles. The molecule has 1 aliphatic heterocycles. The van der Waals surface area contributed by atoms with Crippen LogP contribution in [0.2, 0.25) is 0 Å². The van der Waals surface area contributed by atoms with Crippen LogP contribution in [-0.2, 0) is 0 Å². The smallest absolute Gasteiger partial charge is 0.136 e. The molecule has 0 radical (unpaired) electrons. The van der Waals surface area contributed by atoms with Crippen molar-refractivity contribution < 1.29 is 0 Å². The van der Waals surface area contributed by atoms with E-state index in [-0.39, 0.29) is 0 Å². The van der Waals surface area contributed by atoms with Gasteiger partial charge in [0.25, 0.3) is 0 Å². The summed E-state index contributed by atoms with van der Waals surface area (Å²) in [4.78, 5) is 11.0. The summed E-state index contributed by atoms with van der Waals surface area (Å²) >= 11 is 0. The summed E-state index contributed by atoms with van der Waals surface area (Å²) in [7, 11) is 4.17. The molecular weight excluding hydrogens is 226 g/mol. The summed E-state index contributed by atoms with van der Waals surface area (Å²) in [5.74, 6) is 1.88. The van der Waals surface area contributed by atoms with Gasteiger partial charge >= 0.3 is 0 Å². The van der Waals surface area contributed by atoms with Gasteiger partial charge in [-0.1, -0.05) is 0 Å². The van der Waals surface area contributed by atoms with E-state index in [1.54, 1.807) is 0 Å². The van der Waals surface area contributed by atoms with E-state index < -0.39 is 0 Å². The van der Waals surface area contributed by atoms with Crippen molar-refractivity contribution in [3.8, 4) is 0 Å². The molecule has 5 heteroatoms. The first-order valence-electron chi connectivity index (χ1n) is 6.39. The van der Waals surface area contributed by atoms with E-state index in [1.807, 2.05) is 12.3 Å². The standard InChI is InChI=1S/C13H21N5/c1-18(2)10-4-7-15-12-11(5-3-6-14-12)13-16-8-9-17-13/h3,5-6H,4,7-10H2,1-2H3,(H,14,15)(H,16,17). The zero-order valence-corrected chi connectivity index (χ0v) is 11.1. The van der Waals surface area contributed by atoms with Crippen LogP contribution in [0.25, 0.3) is 0 Å². The van der Waals surface area contributed by atoms with Crippen molar-refractivity contribution in [2.75, 3.05) is 45.6 Å². The summed E-state index contributed by atoms with van der Waals surface area (Å²) in [6, 6.07) is 4.00. The first-order valence-corrected chi connectivity index (χ1v) is 6.39. The van der Waals surface area contributed by atoms with Crippen LogP contribution in [-0.4, -0.2) is 56.0 Å². The zero-order valence-electron chi connectivity index (χ0n) is 11.1. The second-order valence-electron chi connectivity index (χ2n) is 4.64. The van der Waals surface area contributed by atoms with Crippen LogP contribution in [0.5, 0.6) is 0 Å². The maximum Gasteiger partial charge on any atom is 0.136 e. The van der Waals surface area contributed by atoms with E-state index in [2.05, 4.69) is 45.7 Å². The van der Waals surface area contributed by atoms with E-state index in [1.165, 1.54) is 0 Å². The minimum absolute atomic E-state index is 0.851. The largest absolute Gasteiger partial charge is 0.369 e. The highest BCUT2D eigenvalue weighted by molar-refractivity contribution is 6.03. The highest BCUT2D eigenvalue weighted by Crippen LogP contribution is 2.13. The Kier molecular flexibility index (Phi) is 4.52. The van der Waals surface area contributed by atoms with Crippen molar-refractivity contribution in [1.29, 1.82) is 0 Å². The van der Waals surface area contributed by atoms with Crippen LogP contribution in [0.15, 0.2) is 23.3 Å². The molecule has 5 nitrogen and oxygen atoms in total. The summed E-state index contributed by atoms with van der Waals surface area (Å²) in [6.07, 6.45) is 2.91. The number of pyridine rings is 1. The van der Waals surface area contributed by atoms with Gasteiger partial charge in [-0.25, -0.2) is 4.98 Å². The molecule has 0 bridgehead atoms. The second-order valence-corrected chi connectivity index (χ2v) is 4.64. The predicted octanol–water partition coefficient (Wildman–Crippen LogP) is 0.795. The summed E-state index contributed by atoms with van der Waals surface area (Å²) in [6.45, 7) is 3.78. The van der Waals surface area contributed by atoms with Gasteiger partial charge in [-0.15, -0.1) is 0 Å². The van der Waals surface area contributed by atoms with Crippen LogP contribution in [0, 0.1) is 0 Å². The molecule has 0 fully saturated rings. The first kappa shape index (κ1) is 12.8. The fourth-order valence-electron chi connectivity index (χ4n) is 1.92. The van der Waals surface area contributed by atoms with Crippen LogP contribution < -0.4 is 10.6 Å². The van der Waals surface area contributed by atoms with E-state index in [9.17, 15) is 0 Å². The predicted molar refractivity (Wildman–Crippen MR) is 75.3 cm³/mol. The van der Waals surface area contributed by atoms with Crippen LogP contribution in [0.1, 0.15) is 12.0 Å². The normalized spacial score (nSPS) is 14.5. The highest BCUT2D eigenvalue weighted by atomic mass is 15.1. The number of nitrogens with one attached hydrogen (secondary N) is 2. The quantitative estimate of drug-likeness (QED) is 0.730. The van der Waals surface area contributed by atoms with E-state index in [0.29, 0.717) is 0 Å². The number of nitrogens with zero attached hydrogens (tertiary/aromatic N) is 3. The van der Waals surface area contributed by atoms with E-state index in [0.717, 1.165) is 49.8 Å². The van der Waals surface area contributed by atoms with Gasteiger partial charge in [0.05, 0.1) is 12.1 Å². The lowest BCUT2D eigenvalue weighted by atomic mass is 10.2. The maximum atomic E-state index is 4.44. The number of hydrogen-bond donors (Lipinski definition) is 2. The van der Waals surface area contributed by atoms with E-state index in [4.69, 9.17) is 0 Å². The molecular formula is C13H21N5. The third kappa shape index (κ3) is 3.43. The first-order chi connectivity index (χ1) is 8.77. The van der Waals surface area contributed by atoms with Crippen molar-refractivity contribution in [2.24, 2.45) is 4.99 Å². The molecule has 0 saturated heterocycles. The molecule has 2 N–H and O–H groups in total. The monoisotopic (exact) mass is 247 g/mol. The van der Waals surface area contributed by atoms with Gasteiger partial charge in [-0.05, 0) is 39.2 Å². The fourth-order valence-corrected chi connectivity index (χ4v) is 1.92. The highest BCUT2D eigenvalue weighted by Gasteiger charge is 2.12. The van der Waals surface area contributed by atoms with Crippen molar-refractivity contribution >= 4 is 11.7 Å². The molecule has 1 aliphatic rings. The number of anilines is 1. The molecule has 0 saturated carbocycles. The van der Waals surface area contributed by atoms with Crippen molar-refractivity contribution in [2.45, 2.75) is 6.42 Å². The number of hydrogen-bond acceptors (Lipinski definition) is 5. The lowest BCUT2D eigenvalue weighted by molar-refractivity contribution is 0.405. The van der Waals surface area contributed by atoms with Crippen molar-refractivity contribution in [3.63, 3.8) is 0 Å². The third-order valence-corrected chi connectivity index (χ3v) is 2.81. The Hall–Kier alpha value is -1.62. The molecule has 0 amide bonds. The topological polar surface area (TPSA) is 52.5 Å². The number of aliphatic imine (C=N–C) groups is 1. The number of amidine groups is 1. The minimum Gasteiger partial charge on any atom is -0.369 e.